The number of aromatic nitrogens is 6. The summed E-state index contributed by atoms with van der Waals surface area (Å²) in [7, 11) is 0. The Kier molecular flexibility index (Phi) is 8.42. The molecule has 2 aliphatic heterocycles. The van der Waals surface area contributed by atoms with Crippen molar-refractivity contribution < 1.29 is 27.5 Å². The third kappa shape index (κ3) is 6.27. The molecule has 0 spiro atoms. The minimum Gasteiger partial charge on any atom is -0.381 e. The highest BCUT2D eigenvalue weighted by Gasteiger charge is 2.67. The quantitative estimate of drug-likeness (QED) is 0.290. The van der Waals surface area contributed by atoms with Crippen molar-refractivity contribution in [1.29, 1.82) is 5.26 Å². The number of ether oxygens (including phenoxy) is 1. The van der Waals surface area contributed by atoms with Crippen LogP contribution in [0.15, 0.2) is 30.6 Å². The van der Waals surface area contributed by atoms with Crippen LogP contribution in [0.2, 0.25) is 0 Å². The summed E-state index contributed by atoms with van der Waals surface area (Å²) in [5.41, 5.74) is 1.76. The molecule has 1 saturated heterocycles. The summed E-state index contributed by atoms with van der Waals surface area (Å²) in [5, 5.41) is 15.2. The molecular weight excluding hydrogens is 637 g/mol. The van der Waals surface area contributed by atoms with E-state index in [4.69, 9.17) is 9.72 Å². The molecule has 2 bridgehead atoms. The summed E-state index contributed by atoms with van der Waals surface area (Å²) in [5.74, 6) is -0.117. The van der Waals surface area contributed by atoms with Gasteiger partial charge in [-0.2, -0.15) is 23.5 Å². The lowest BCUT2D eigenvalue weighted by molar-refractivity contribution is -0.141. The lowest BCUT2D eigenvalue weighted by atomic mass is 9.95. The molecule has 7 rings (SSSR count). The molecule has 1 amide bonds. The van der Waals surface area contributed by atoms with Gasteiger partial charge in [-0.1, -0.05) is 18.9 Å². The zero-order chi connectivity index (χ0) is 34.5. The molecule has 254 valence electrons. The Balaban J connectivity index is 1.25. The number of aryl methyl sites for hydroxylation is 3. The predicted octanol–water partition coefficient (Wildman–Crippen LogP) is 5.10. The summed E-state index contributed by atoms with van der Waals surface area (Å²) in [4.78, 5) is 47.1. The number of pyridine rings is 2. The number of rotatable bonds is 4. The maximum atomic E-state index is 14.3. The highest BCUT2D eigenvalue weighted by atomic mass is 19.4. The van der Waals surface area contributed by atoms with Crippen LogP contribution < -0.4 is 0 Å². The maximum Gasteiger partial charge on any atom is 0.433 e. The Bertz CT molecular complexity index is 1990. The average molecular weight is 673 g/mol. The van der Waals surface area contributed by atoms with Gasteiger partial charge in [0, 0.05) is 41.4 Å². The molecule has 0 N–H and O–H groups in total. The number of hydrogen-bond donors (Lipinski definition) is 0. The third-order valence-corrected chi connectivity index (χ3v) is 10.0. The van der Waals surface area contributed by atoms with Crippen LogP contribution in [0.5, 0.6) is 0 Å². The first-order valence-corrected chi connectivity index (χ1v) is 16.5. The first-order chi connectivity index (χ1) is 23.5. The van der Waals surface area contributed by atoms with Gasteiger partial charge >= 0.3 is 6.18 Å². The number of ketones is 1. The van der Waals surface area contributed by atoms with Crippen molar-refractivity contribution in [3.8, 4) is 17.3 Å². The number of amides is 1. The topological polar surface area (TPSA) is 140 Å². The Labute approximate surface area is 280 Å². The molecule has 2 fully saturated rings. The monoisotopic (exact) mass is 672 g/mol. The van der Waals surface area contributed by atoms with Crippen molar-refractivity contribution in [2.24, 2.45) is 5.41 Å². The fourth-order valence-electron chi connectivity index (χ4n) is 7.32. The summed E-state index contributed by atoms with van der Waals surface area (Å²) in [6.45, 7) is 4.12. The van der Waals surface area contributed by atoms with E-state index in [0.29, 0.717) is 71.7 Å². The summed E-state index contributed by atoms with van der Waals surface area (Å²) in [6, 6.07) is 5.04. The summed E-state index contributed by atoms with van der Waals surface area (Å²) >= 11 is 0. The molecule has 1 aliphatic carbocycles. The Hall–Kier alpha value is -4.77. The molecule has 49 heavy (non-hydrogen) atoms. The van der Waals surface area contributed by atoms with Gasteiger partial charge in [0.25, 0.3) is 0 Å². The number of Topliss-reactive ketones (excluding diaryl/α,β-unsaturated/α-hetero) is 1. The van der Waals surface area contributed by atoms with Crippen LogP contribution in [0, 0.1) is 30.6 Å². The van der Waals surface area contributed by atoms with Crippen LogP contribution in [0.3, 0.4) is 0 Å². The predicted molar refractivity (Wildman–Crippen MR) is 170 cm³/mol. The molecule has 1 saturated carbocycles. The van der Waals surface area contributed by atoms with Gasteiger partial charge in [-0.3, -0.25) is 19.3 Å². The summed E-state index contributed by atoms with van der Waals surface area (Å²) in [6.07, 6.45) is 3.55. The number of alkyl halides is 3. The largest absolute Gasteiger partial charge is 0.433 e. The van der Waals surface area contributed by atoms with Crippen LogP contribution in [0.4, 0.5) is 13.2 Å². The molecule has 0 radical (unpaired) electrons. The van der Waals surface area contributed by atoms with E-state index < -0.39 is 23.3 Å². The lowest BCUT2D eigenvalue weighted by Crippen LogP contribution is -2.45. The van der Waals surface area contributed by atoms with Gasteiger partial charge < -0.3 is 9.64 Å². The Morgan fingerprint density at radius 1 is 1.10 bits per heavy atom. The van der Waals surface area contributed by atoms with E-state index in [2.05, 4.69) is 26.1 Å². The molecule has 0 aromatic carbocycles. The van der Waals surface area contributed by atoms with Gasteiger partial charge in [-0.15, -0.1) is 0 Å². The second-order valence-corrected chi connectivity index (χ2v) is 13.4. The van der Waals surface area contributed by atoms with Gasteiger partial charge in [-0.05, 0) is 63.6 Å². The maximum absolute atomic E-state index is 14.3. The first-order valence-electron chi connectivity index (χ1n) is 16.5. The van der Waals surface area contributed by atoms with Crippen molar-refractivity contribution in [2.75, 3.05) is 13.2 Å². The standard InChI is InChI=1S/C35H35F3N8O3/c1-20-8-9-30(35(36,37)38)43-25(20)12-29(47)28-13-34-14-31(34)46(28)32(48)18-45-33-23(27(15-39)44-45)11-26(22-16-40-21(2)41-17-22)42-24(33)7-5-3-4-6-10-49-19-34/h8-9,11,16-17,28,31H,3-7,10,12-14,18-19H2,1-2H3/t28-,31+,34-/m0/s1. The van der Waals surface area contributed by atoms with Crippen LogP contribution in [0.1, 0.15) is 72.7 Å². The zero-order valence-electron chi connectivity index (χ0n) is 27.3. The van der Waals surface area contributed by atoms with Crippen LogP contribution >= 0.6 is 0 Å². The van der Waals surface area contributed by atoms with E-state index in [1.807, 2.05) is 0 Å². The number of carbonyl (C=O) groups is 2. The highest BCUT2D eigenvalue weighted by molar-refractivity contribution is 5.93. The molecule has 0 unspecified atom stereocenters. The van der Waals surface area contributed by atoms with Gasteiger partial charge in [0.05, 0.1) is 41.7 Å². The molecule has 4 aromatic heterocycles. The third-order valence-electron chi connectivity index (χ3n) is 10.0. The number of halogens is 3. The van der Waals surface area contributed by atoms with E-state index in [9.17, 15) is 28.0 Å². The van der Waals surface area contributed by atoms with Crippen LogP contribution in [-0.4, -0.2) is 71.6 Å². The summed E-state index contributed by atoms with van der Waals surface area (Å²) < 4.78 is 48.0. The lowest BCUT2D eigenvalue weighted by Gasteiger charge is -2.27. The van der Waals surface area contributed by atoms with E-state index in [0.717, 1.165) is 31.7 Å². The van der Waals surface area contributed by atoms with E-state index >= 15 is 0 Å². The highest BCUT2D eigenvalue weighted by Crippen LogP contribution is 2.60. The second-order valence-electron chi connectivity index (χ2n) is 13.4. The minimum absolute atomic E-state index is 0.0405. The molecule has 4 aromatic rings. The molecule has 3 aliphatic rings. The number of nitriles is 1. The number of piperidine rings is 1. The van der Waals surface area contributed by atoms with Crippen LogP contribution in [0.25, 0.3) is 22.2 Å². The van der Waals surface area contributed by atoms with Gasteiger partial charge in [0.15, 0.2) is 11.5 Å². The van der Waals surface area contributed by atoms with Crippen molar-refractivity contribution in [3.63, 3.8) is 0 Å². The fourth-order valence-corrected chi connectivity index (χ4v) is 7.32. The number of hydrogen-bond acceptors (Lipinski definition) is 9. The molecule has 6 heterocycles. The van der Waals surface area contributed by atoms with E-state index in [1.165, 1.54) is 10.7 Å². The van der Waals surface area contributed by atoms with Gasteiger partial charge in [0.2, 0.25) is 5.91 Å². The second kappa shape index (κ2) is 12.6. The SMILES string of the molecule is Cc1ncc(-c2cc3c(C#N)nn4c3c(n2)CCCCCCOC[C@@]23C[C@@H](C(=O)Cc5nc(C(F)(F)F)ccc5C)N(C(=O)C4)[C@@H]2C3)cn1. The van der Waals surface area contributed by atoms with E-state index in [1.54, 1.807) is 37.2 Å². The van der Waals surface area contributed by atoms with Crippen molar-refractivity contribution in [3.05, 3.63) is 64.8 Å². The fraction of sp³-hybridized carbons (Fsp3) is 0.486. The molecule has 3 atom stereocenters. The number of nitrogens with zero attached hydrogens (tertiary/aromatic N) is 8. The molecular formula is C35H35F3N8O3. The van der Waals surface area contributed by atoms with Crippen molar-refractivity contribution >= 4 is 22.6 Å². The first kappa shape index (κ1) is 32.8. The van der Waals surface area contributed by atoms with E-state index in [-0.39, 0.29) is 42.1 Å². The Morgan fingerprint density at radius 3 is 2.63 bits per heavy atom. The molecule has 14 heteroatoms. The number of carbonyl (C=O) groups excluding carboxylic acids is 2. The normalized spacial score (nSPS) is 22.9. The minimum atomic E-state index is -4.65. The Morgan fingerprint density at radius 2 is 1.88 bits per heavy atom. The zero-order valence-corrected chi connectivity index (χ0v) is 27.3. The van der Waals surface area contributed by atoms with Gasteiger partial charge in [-0.25, -0.2) is 15.0 Å². The van der Waals surface area contributed by atoms with Gasteiger partial charge in [0.1, 0.15) is 24.1 Å². The van der Waals surface area contributed by atoms with Crippen LogP contribution in [-0.2, 0) is 39.9 Å². The molecule has 11 nitrogen and oxygen atoms in total. The smallest absolute Gasteiger partial charge is 0.381 e. The van der Waals surface area contributed by atoms with Crippen molar-refractivity contribution in [1.82, 2.24) is 34.6 Å². The average Bonchev–Trinajstić information content (AvgIpc) is 3.48. The van der Waals surface area contributed by atoms with Crippen molar-refractivity contribution in [2.45, 2.75) is 90.0 Å².